The molecule has 0 radical (unpaired) electrons. The number of methoxy groups -OCH3 is 1. The molecule has 3 heteroatoms. The van der Waals surface area contributed by atoms with Gasteiger partial charge in [-0.05, 0) is 43.6 Å². The molecule has 118 valence electrons. The van der Waals surface area contributed by atoms with E-state index in [1.165, 1.54) is 38.6 Å². The van der Waals surface area contributed by atoms with Crippen LogP contribution in [0.15, 0.2) is 0 Å². The van der Waals surface area contributed by atoms with Crippen molar-refractivity contribution in [2.24, 2.45) is 23.5 Å². The van der Waals surface area contributed by atoms with E-state index in [1.807, 2.05) is 7.11 Å². The second-order valence-electron chi connectivity index (χ2n) is 7.39. The van der Waals surface area contributed by atoms with Gasteiger partial charge < -0.3 is 10.5 Å². The number of piperidine rings is 1. The third kappa shape index (κ3) is 2.90. The van der Waals surface area contributed by atoms with Gasteiger partial charge in [-0.3, -0.25) is 4.90 Å². The van der Waals surface area contributed by atoms with Crippen LogP contribution in [0.4, 0.5) is 0 Å². The van der Waals surface area contributed by atoms with Crippen LogP contribution in [0.2, 0.25) is 0 Å². The van der Waals surface area contributed by atoms with Crippen LogP contribution in [0.25, 0.3) is 0 Å². The zero-order valence-electron chi connectivity index (χ0n) is 13.9. The quantitative estimate of drug-likeness (QED) is 0.861. The van der Waals surface area contributed by atoms with Crippen LogP contribution in [0, 0.1) is 17.8 Å². The van der Waals surface area contributed by atoms with Gasteiger partial charge in [0.25, 0.3) is 0 Å². The minimum absolute atomic E-state index is 0.226. The van der Waals surface area contributed by atoms with Gasteiger partial charge >= 0.3 is 0 Å². The molecule has 1 heterocycles. The zero-order valence-corrected chi connectivity index (χ0v) is 13.9. The van der Waals surface area contributed by atoms with Crippen molar-refractivity contribution in [3.63, 3.8) is 0 Å². The fraction of sp³-hybridized carbons (Fsp3) is 1.00. The zero-order chi connectivity index (χ0) is 14.8. The van der Waals surface area contributed by atoms with Crippen LogP contribution in [-0.2, 0) is 4.74 Å². The van der Waals surface area contributed by atoms with Crippen molar-refractivity contribution in [2.45, 2.75) is 64.5 Å². The lowest BCUT2D eigenvalue weighted by molar-refractivity contribution is -0.0824. The lowest BCUT2D eigenvalue weighted by atomic mass is 9.66. The maximum Gasteiger partial charge on any atom is 0.0724 e. The first kappa shape index (κ1) is 16.3. The monoisotopic (exact) mass is 282 g/mol. The molecule has 2 rings (SSSR count). The summed E-state index contributed by atoms with van der Waals surface area (Å²) in [6.07, 6.45) is 6.95. The summed E-state index contributed by atoms with van der Waals surface area (Å²) < 4.78 is 5.73. The molecule has 1 saturated heterocycles. The van der Waals surface area contributed by atoms with Gasteiger partial charge in [0.1, 0.15) is 0 Å². The highest BCUT2D eigenvalue weighted by molar-refractivity contribution is 5.03. The Morgan fingerprint density at radius 3 is 2.65 bits per heavy atom. The molecule has 0 bridgehead atoms. The van der Waals surface area contributed by atoms with E-state index in [0.29, 0.717) is 12.0 Å². The van der Waals surface area contributed by atoms with Crippen molar-refractivity contribution in [1.29, 1.82) is 0 Å². The Kier molecular flexibility index (Phi) is 5.49. The summed E-state index contributed by atoms with van der Waals surface area (Å²) in [5.41, 5.74) is 6.56. The number of nitrogens with two attached hydrogens (primary N) is 1. The second-order valence-corrected chi connectivity index (χ2v) is 7.39. The van der Waals surface area contributed by atoms with Gasteiger partial charge in [0.05, 0.1) is 6.10 Å². The molecule has 1 saturated carbocycles. The van der Waals surface area contributed by atoms with E-state index in [-0.39, 0.29) is 5.54 Å². The summed E-state index contributed by atoms with van der Waals surface area (Å²) >= 11 is 0. The van der Waals surface area contributed by atoms with Crippen LogP contribution in [-0.4, -0.2) is 43.3 Å². The number of hydrogen-bond donors (Lipinski definition) is 1. The van der Waals surface area contributed by atoms with Crippen LogP contribution in [0.1, 0.15) is 52.9 Å². The SMILES string of the molecule is COC1CN(C2(CN)CCCCC2C(C)C)CCC1C. The van der Waals surface area contributed by atoms with Crippen molar-refractivity contribution in [3.05, 3.63) is 0 Å². The first-order chi connectivity index (χ1) is 9.55. The highest BCUT2D eigenvalue weighted by Crippen LogP contribution is 2.43. The maximum atomic E-state index is 6.34. The fourth-order valence-corrected chi connectivity index (χ4v) is 4.72. The largest absolute Gasteiger partial charge is 0.380 e. The van der Waals surface area contributed by atoms with E-state index in [0.717, 1.165) is 24.9 Å². The summed E-state index contributed by atoms with van der Waals surface area (Å²) in [6.45, 7) is 10.1. The van der Waals surface area contributed by atoms with Crippen LogP contribution < -0.4 is 5.73 Å². The number of ether oxygens (including phenoxy) is 1. The molecular weight excluding hydrogens is 248 g/mol. The van der Waals surface area contributed by atoms with E-state index < -0.39 is 0 Å². The summed E-state index contributed by atoms with van der Waals surface area (Å²) in [5.74, 6) is 2.14. The molecule has 0 spiro atoms. The minimum Gasteiger partial charge on any atom is -0.380 e. The van der Waals surface area contributed by atoms with Gasteiger partial charge in [0.15, 0.2) is 0 Å². The Hall–Kier alpha value is -0.120. The average Bonchev–Trinajstić information content (AvgIpc) is 2.47. The highest BCUT2D eigenvalue weighted by atomic mass is 16.5. The van der Waals surface area contributed by atoms with E-state index in [4.69, 9.17) is 10.5 Å². The molecule has 4 atom stereocenters. The first-order valence-electron chi connectivity index (χ1n) is 8.53. The Labute approximate surface area is 125 Å². The first-order valence-corrected chi connectivity index (χ1v) is 8.53. The van der Waals surface area contributed by atoms with Crippen LogP contribution in [0.5, 0.6) is 0 Å². The Balaban J connectivity index is 2.20. The molecule has 0 aromatic heterocycles. The predicted octanol–water partition coefficient (Wildman–Crippen LogP) is 2.89. The van der Waals surface area contributed by atoms with E-state index in [9.17, 15) is 0 Å². The summed E-state index contributed by atoms with van der Waals surface area (Å²) in [6, 6.07) is 0. The van der Waals surface area contributed by atoms with Crippen molar-refractivity contribution < 1.29 is 4.74 Å². The molecule has 4 unspecified atom stereocenters. The topological polar surface area (TPSA) is 38.5 Å². The normalized spacial score (nSPS) is 40.2. The molecule has 20 heavy (non-hydrogen) atoms. The molecular formula is C17H34N2O. The third-order valence-electron chi connectivity index (χ3n) is 6.05. The highest BCUT2D eigenvalue weighted by Gasteiger charge is 2.47. The lowest BCUT2D eigenvalue weighted by Crippen LogP contribution is -2.64. The van der Waals surface area contributed by atoms with Crippen molar-refractivity contribution in [1.82, 2.24) is 4.90 Å². The number of likely N-dealkylation sites (tertiary alicyclic amines) is 1. The van der Waals surface area contributed by atoms with Gasteiger partial charge in [0, 0.05) is 25.7 Å². The smallest absolute Gasteiger partial charge is 0.0724 e. The molecule has 1 aliphatic heterocycles. The van der Waals surface area contributed by atoms with Gasteiger partial charge in [-0.15, -0.1) is 0 Å². The molecule has 2 fully saturated rings. The van der Waals surface area contributed by atoms with E-state index in [2.05, 4.69) is 25.7 Å². The maximum absolute atomic E-state index is 6.34. The summed E-state index contributed by atoms with van der Waals surface area (Å²) in [5, 5.41) is 0. The Bertz CT molecular complexity index is 307. The summed E-state index contributed by atoms with van der Waals surface area (Å²) in [4.78, 5) is 2.70. The fourth-order valence-electron chi connectivity index (χ4n) is 4.72. The number of hydrogen-bond acceptors (Lipinski definition) is 3. The van der Waals surface area contributed by atoms with Crippen LogP contribution >= 0.6 is 0 Å². The molecule has 3 nitrogen and oxygen atoms in total. The molecule has 1 aliphatic carbocycles. The molecule has 2 N–H and O–H groups in total. The van der Waals surface area contributed by atoms with Crippen molar-refractivity contribution in [2.75, 3.05) is 26.7 Å². The minimum atomic E-state index is 0.226. The van der Waals surface area contributed by atoms with E-state index in [1.54, 1.807) is 0 Å². The molecule has 0 aromatic rings. The predicted molar refractivity (Wildman–Crippen MR) is 84.7 cm³/mol. The van der Waals surface area contributed by atoms with Gasteiger partial charge in [0.2, 0.25) is 0 Å². The standard InChI is InChI=1S/C17H34N2O/c1-13(2)15-7-5-6-9-17(15,12-18)19-10-8-14(3)16(11-19)20-4/h13-16H,5-12,18H2,1-4H3. The van der Waals surface area contributed by atoms with Crippen LogP contribution in [0.3, 0.4) is 0 Å². The Morgan fingerprint density at radius 1 is 1.30 bits per heavy atom. The van der Waals surface area contributed by atoms with Gasteiger partial charge in [-0.2, -0.15) is 0 Å². The molecule has 0 aromatic carbocycles. The number of nitrogens with zero attached hydrogens (tertiary/aromatic N) is 1. The lowest BCUT2D eigenvalue weighted by Gasteiger charge is -2.55. The Morgan fingerprint density at radius 2 is 2.05 bits per heavy atom. The molecule has 0 amide bonds. The average molecular weight is 282 g/mol. The number of rotatable bonds is 4. The second kappa shape index (κ2) is 6.76. The van der Waals surface area contributed by atoms with Gasteiger partial charge in [-0.25, -0.2) is 0 Å². The van der Waals surface area contributed by atoms with Crippen molar-refractivity contribution in [3.8, 4) is 0 Å². The van der Waals surface area contributed by atoms with Gasteiger partial charge in [-0.1, -0.05) is 33.6 Å². The van der Waals surface area contributed by atoms with E-state index >= 15 is 0 Å². The molecule has 2 aliphatic rings. The van der Waals surface area contributed by atoms with Crippen molar-refractivity contribution >= 4 is 0 Å². The summed E-state index contributed by atoms with van der Waals surface area (Å²) in [7, 11) is 1.86. The third-order valence-corrected chi connectivity index (χ3v) is 6.05.